The summed E-state index contributed by atoms with van der Waals surface area (Å²) in [5.74, 6) is 0.0175. The monoisotopic (exact) mass is 309 g/mol. The number of nitrogens with zero attached hydrogens (tertiary/aromatic N) is 1. The summed E-state index contributed by atoms with van der Waals surface area (Å²) in [5, 5.41) is 0. The second-order valence-electron chi connectivity index (χ2n) is 5.99. The first-order valence-electron chi connectivity index (χ1n) is 7.60. The van der Waals surface area contributed by atoms with Crippen molar-refractivity contribution < 1.29 is 8.42 Å². The van der Waals surface area contributed by atoms with Crippen LogP contribution in [0.25, 0.3) is 0 Å². The van der Waals surface area contributed by atoms with Gasteiger partial charge in [0.2, 0.25) is 10.0 Å². The Bertz CT molecular complexity index is 603. The number of hydrogen-bond acceptors (Lipinski definition) is 4. The fourth-order valence-electron chi connectivity index (χ4n) is 3.59. The molecule has 1 aromatic carbocycles. The van der Waals surface area contributed by atoms with Gasteiger partial charge in [0.15, 0.2) is 0 Å². The lowest BCUT2D eigenvalue weighted by Crippen LogP contribution is -2.42. The smallest absolute Gasteiger partial charge is 0.216 e. The van der Waals surface area contributed by atoms with Crippen molar-refractivity contribution in [3.8, 4) is 0 Å². The fourth-order valence-corrected chi connectivity index (χ4v) is 5.11. The van der Waals surface area contributed by atoms with Gasteiger partial charge in [-0.1, -0.05) is 24.3 Å². The van der Waals surface area contributed by atoms with Crippen LogP contribution in [0.2, 0.25) is 0 Å². The minimum atomic E-state index is -3.32. The standard InChI is InChI=1S/C15H23N3O2S/c16-10-12-4-1-2-5-13(12)11-21(19,20)17-14-7-9-18-8-3-6-15(14)18/h1-2,4-5,14-15,17H,3,6-11,16H2. The Balaban J connectivity index is 1.69. The topological polar surface area (TPSA) is 75.4 Å². The third-order valence-electron chi connectivity index (χ3n) is 4.62. The van der Waals surface area contributed by atoms with E-state index in [2.05, 4.69) is 9.62 Å². The molecule has 0 aliphatic carbocycles. The van der Waals surface area contributed by atoms with Gasteiger partial charge in [0.05, 0.1) is 5.75 Å². The highest BCUT2D eigenvalue weighted by Gasteiger charge is 2.38. The highest BCUT2D eigenvalue weighted by molar-refractivity contribution is 7.88. The Morgan fingerprint density at radius 3 is 2.71 bits per heavy atom. The van der Waals surface area contributed by atoms with Crippen LogP contribution < -0.4 is 10.5 Å². The van der Waals surface area contributed by atoms with Crippen molar-refractivity contribution in [2.24, 2.45) is 5.73 Å². The molecule has 5 nitrogen and oxygen atoms in total. The lowest BCUT2D eigenvalue weighted by atomic mass is 10.1. The molecule has 2 heterocycles. The second-order valence-corrected chi connectivity index (χ2v) is 7.74. The number of sulfonamides is 1. The molecule has 2 atom stereocenters. The maximum Gasteiger partial charge on any atom is 0.216 e. The van der Waals surface area contributed by atoms with Crippen LogP contribution in [0.3, 0.4) is 0 Å². The summed E-state index contributed by atoms with van der Waals surface area (Å²) in [6.45, 7) is 2.49. The van der Waals surface area contributed by atoms with Gasteiger partial charge in [0.1, 0.15) is 0 Å². The Labute approximate surface area is 126 Å². The van der Waals surface area contributed by atoms with E-state index in [0.717, 1.165) is 37.1 Å². The molecule has 0 spiro atoms. The van der Waals surface area contributed by atoms with E-state index in [4.69, 9.17) is 5.73 Å². The van der Waals surface area contributed by atoms with Crippen molar-refractivity contribution in [1.82, 2.24) is 9.62 Å². The van der Waals surface area contributed by atoms with E-state index in [1.54, 1.807) is 0 Å². The van der Waals surface area contributed by atoms with Crippen LogP contribution >= 0.6 is 0 Å². The van der Waals surface area contributed by atoms with Gasteiger partial charge in [-0.3, -0.25) is 4.90 Å². The second kappa shape index (κ2) is 6.04. The molecule has 0 radical (unpaired) electrons. The third kappa shape index (κ3) is 3.29. The maximum atomic E-state index is 12.4. The average molecular weight is 309 g/mol. The molecule has 6 heteroatoms. The Morgan fingerprint density at radius 2 is 1.95 bits per heavy atom. The summed E-state index contributed by atoms with van der Waals surface area (Å²) in [6, 6.07) is 7.95. The van der Waals surface area contributed by atoms with Crippen molar-refractivity contribution in [2.75, 3.05) is 13.1 Å². The molecule has 2 saturated heterocycles. The number of nitrogens with one attached hydrogen (secondary N) is 1. The van der Waals surface area contributed by atoms with Crippen molar-refractivity contribution in [1.29, 1.82) is 0 Å². The van der Waals surface area contributed by atoms with Gasteiger partial charge in [0, 0.05) is 25.2 Å². The first kappa shape index (κ1) is 15.0. The van der Waals surface area contributed by atoms with Crippen LogP contribution in [0.4, 0.5) is 0 Å². The van der Waals surface area contributed by atoms with Gasteiger partial charge >= 0.3 is 0 Å². The fraction of sp³-hybridized carbons (Fsp3) is 0.600. The Hall–Kier alpha value is -0.950. The highest BCUT2D eigenvalue weighted by atomic mass is 32.2. The lowest BCUT2D eigenvalue weighted by molar-refractivity contribution is 0.309. The number of hydrogen-bond donors (Lipinski definition) is 2. The van der Waals surface area contributed by atoms with E-state index in [1.165, 1.54) is 6.42 Å². The van der Waals surface area contributed by atoms with Crippen molar-refractivity contribution in [2.45, 2.75) is 43.6 Å². The molecule has 0 aromatic heterocycles. The predicted molar refractivity (Wildman–Crippen MR) is 83.1 cm³/mol. The first-order valence-corrected chi connectivity index (χ1v) is 9.25. The number of benzene rings is 1. The van der Waals surface area contributed by atoms with Crippen LogP contribution in [-0.4, -0.2) is 38.5 Å². The first-order chi connectivity index (χ1) is 10.1. The van der Waals surface area contributed by atoms with E-state index in [1.807, 2.05) is 24.3 Å². The zero-order chi connectivity index (χ0) is 14.9. The summed E-state index contributed by atoms with van der Waals surface area (Å²) >= 11 is 0. The minimum absolute atomic E-state index is 0.0175. The van der Waals surface area contributed by atoms with Crippen LogP contribution in [0.5, 0.6) is 0 Å². The Morgan fingerprint density at radius 1 is 1.19 bits per heavy atom. The third-order valence-corrected chi connectivity index (χ3v) is 5.97. The molecule has 3 N–H and O–H groups in total. The van der Waals surface area contributed by atoms with E-state index in [9.17, 15) is 8.42 Å². The van der Waals surface area contributed by atoms with Gasteiger partial charge in [-0.2, -0.15) is 0 Å². The van der Waals surface area contributed by atoms with Crippen LogP contribution in [0, 0.1) is 0 Å². The van der Waals surface area contributed by atoms with Crippen LogP contribution in [0.15, 0.2) is 24.3 Å². The molecule has 1 aromatic rings. The molecule has 3 rings (SSSR count). The van der Waals surface area contributed by atoms with Crippen LogP contribution in [0.1, 0.15) is 30.4 Å². The molecule has 0 saturated carbocycles. The maximum absolute atomic E-state index is 12.4. The molecule has 2 aliphatic rings. The lowest BCUT2D eigenvalue weighted by Gasteiger charge is -2.21. The Kier molecular flexibility index (Phi) is 4.31. The van der Waals surface area contributed by atoms with E-state index >= 15 is 0 Å². The average Bonchev–Trinajstić information content (AvgIpc) is 3.04. The summed E-state index contributed by atoms with van der Waals surface area (Å²) < 4.78 is 27.8. The zero-order valence-electron chi connectivity index (χ0n) is 12.2. The largest absolute Gasteiger partial charge is 0.326 e. The normalized spacial score (nSPS) is 26.1. The van der Waals surface area contributed by atoms with E-state index in [-0.39, 0.29) is 11.8 Å². The van der Waals surface area contributed by atoms with Gasteiger partial charge in [-0.25, -0.2) is 13.1 Å². The molecular formula is C15H23N3O2S. The molecule has 21 heavy (non-hydrogen) atoms. The molecule has 2 unspecified atom stereocenters. The summed E-state index contributed by atoms with van der Waals surface area (Å²) in [7, 11) is -3.32. The van der Waals surface area contributed by atoms with Gasteiger partial charge in [-0.15, -0.1) is 0 Å². The molecule has 2 aliphatic heterocycles. The molecule has 0 bridgehead atoms. The predicted octanol–water partition coefficient (Wildman–Crippen LogP) is 0.801. The number of rotatable bonds is 5. The number of nitrogens with two attached hydrogens (primary N) is 1. The summed E-state index contributed by atoms with van der Waals surface area (Å²) in [5.41, 5.74) is 7.38. The molecule has 2 fully saturated rings. The summed E-state index contributed by atoms with van der Waals surface area (Å²) in [4.78, 5) is 2.40. The van der Waals surface area contributed by atoms with Crippen molar-refractivity contribution in [3.63, 3.8) is 0 Å². The molecule has 116 valence electrons. The molecular weight excluding hydrogens is 286 g/mol. The SMILES string of the molecule is NCc1ccccc1CS(=O)(=O)NC1CCN2CCCC12. The number of fused-ring (bicyclic) bond motifs is 1. The van der Waals surface area contributed by atoms with Gasteiger partial charge < -0.3 is 5.73 Å². The van der Waals surface area contributed by atoms with Gasteiger partial charge in [-0.05, 0) is 36.9 Å². The highest BCUT2D eigenvalue weighted by Crippen LogP contribution is 2.28. The van der Waals surface area contributed by atoms with Gasteiger partial charge in [0.25, 0.3) is 0 Å². The van der Waals surface area contributed by atoms with Crippen molar-refractivity contribution >= 4 is 10.0 Å². The van der Waals surface area contributed by atoms with E-state index in [0.29, 0.717) is 12.6 Å². The minimum Gasteiger partial charge on any atom is -0.326 e. The quantitative estimate of drug-likeness (QED) is 0.844. The zero-order valence-corrected chi connectivity index (χ0v) is 13.0. The van der Waals surface area contributed by atoms with E-state index < -0.39 is 10.0 Å². The van der Waals surface area contributed by atoms with Crippen LogP contribution in [-0.2, 0) is 22.3 Å². The van der Waals surface area contributed by atoms with Crippen molar-refractivity contribution in [3.05, 3.63) is 35.4 Å². The summed E-state index contributed by atoms with van der Waals surface area (Å²) in [6.07, 6.45) is 3.20. The molecule has 0 amide bonds.